The molecule has 94 valence electrons. The number of hydrogen-bond acceptors (Lipinski definition) is 3. The molecule has 0 aliphatic carbocycles. The van der Waals surface area contributed by atoms with Crippen LogP contribution in [0.5, 0.6) is 0 Å². The molecular formula is C12H25N3O. The lowest BCUT2D eigenvalue weighted by Crippen LogP contribution is -2.42. The third-order valence-corrected chi connectivity index (χ3v) is 3.44. The highest BCUT2D eigenvalue weighted by atomic mass is 16.2. The standard InChI is InChI=1S/C12H25N3O/c1-9(2)10(3)14-12(16)8-15-6-5-11(7-15)13-4/h9-11,13H,5-8H2,1-4H3,(H,14,16). The number of carbonyl (C=O) groups excluding carboxylic acids is 1. The molecule has 1 amide bonds. The van der Waals surface area contributed by atoms with Gasteiger partial charge in [0, 0.05) is 25.2 Å². The predicted octanol–water partition coefficient (Wildman–Crippen LogP) is 0.441. The molecule has 0 aromatic heterocycles. The fraction of sp³-hybridized carbons (Fsp3) is 0.917. The molecule has 1 saturated heterocycles. The molecule has 0 aromatic rings. The Morgan fingerprint density at radius 1 is 1.44 bits per heavy atom. The number of likely N-dealkylation sites (tertiary alicyclic amines) is 1. The second-order valence-corrected chi connectivity index (χ2v) is 5.11. The van der Waals surface area contributed by atoms with E-state index in [4.69, 9.17) is 0 Å². The summed E-state index contributed by atoms with van der Waals surface area (Å²) in [6.07, 6.45) is 1.14. The van der Waals surface area contributed by atoms with E-state index in [9.17, 15) is 4.79 Å². The van der Waals surface area contributed by atoms with Crippen LogP contribution in [0.15, 0.2) is 0 Å². The minimum atomic E-state index is 0.151. The van der Waals surface area contributed by atoms with Gasteiger partial charge in [-0.3, -0.25) is 9.69 Å². The monoisotopic (exact) mass is 227 g/mol. The van der Waals surface area contributed by atoms with Crippen LogP contribution in [0.1, 0.15) is 27.2 Å². The van der Waals surface area contributed by atoms with Crippen LogP contribution in [-0.4, -0.2) is 49.6 Å². The van der Waals surface area contributed by atoms with Crippen molar-refractivity contribution in [3.05, 3.63) is 0 Å². The van der Waals surface area contributed by atoms with Gasteiger partial charge in [-0.25, -0.2) is 0 Å². The smallest absolute Gasteiger partial charge is 0.234 e. The average molecular weight is 227 g/mol. The molecule has 2 atom stereocenters. The Balaban J connectivity index is 2.25. The van der Waals surface area contributed by atoms with Gasteiger partial charge in [0.05, 0.1) is 6.54 Å². The first-order valence-electron chi connectivity index (χ1n) is 6.22. The fourth-order valence-corrected chi connectivity index (χ4v) is 1.88. The van der Waals surface area contributed by atoms with Crippen molar-refractivity contribution in [3.63, 3.8) is 0 Å². The maximum absolute atomic E-state index is 11.7. The van der Waals surface area contributed by atoms with Crippen LogP contribution in [0, 0.1) is 5.92 Å². The summed E-state index contributed by atoms with van der Waals surface area (Å²) in [5.41, 5.74) is 0. The van der Waals surface area contributed by atoms with E-state index in [2.05, 4.69) is 36.3 Å². The van der Waals surface area contributed by atoms with Crippen LogP contribution in [-0.2, 0) is 4.79 Å². The molecule has 1 heterocycles. The molecule has 0 radical (unpaired) electrons. The lowest BCUT2D eigenvalue weighted by atomic mass is 10.1. The topological polar surface area (TPSA) is 44.4 Å². The normalized spacial score (nSPS) is 23.7. The van der Waals surface area contributed by atoms with Crippen LogP contribution >= 0.6 is 0 Å². The van der Waals surface area contributed by atoms with Gasteiger partial charge in [0.2, 0.25) is 5.91 Å². The molecule has 0 saturated carbocycles. The lowest BCUT2D eigenvalue weighted by molar-refractivity contribution is -0.122. The van der Waals surface area contributed by atoms with Crippen molar-refractivity contribution in [1.29, 1.82) is 0 Å². The Hall–Kier alpha value is -0.610. The average Bonchev–Trinajstić information content (AvgIpc) is 2.65. The first kappa shape index (κ1) is 13.5. The maximum atomic E-state index is 11.7. The van der Waals surface area contributed by atoms with Crippen LogP contribution in [0.3, 0.4) is 0 Å². The van der Waals surface area contributed by atoms with E-state index >= 15 is 0 Å². The highest BCUT2D eigenvalue weighted by Crippen LogP contribution is 2.08. The van der Waals surface area contributed by atoms with Crippen molar-refractivity contribution in [2.75, 3.05) is 26.7 Å². The van der Waals surface area contributed by atoms with E-state index in [1.165, 1.54) is 0 Å². The number of carbonyl (C=O) groups is 1. The molecule has 1 aliphatic heterocycles. The van der Waals surface area contributed by atoms with Crippen LogP contribution < -0.4 is 10.6 Å². The van der Waals surface area contributed by atoms with Gasteiger partial charge in [-0.15, -0.1) is 0 Å². The van der Waals surface area contributed by atoms with Crippen LogP contribution in [0.25, 0.3) is 0 Å². The first-order valence-corrected chi connectivity index (χ1v) is 6.22. The van der Waals surface area contributed by atoms with Crippen molar-refractivity contribution in [1.82, 2.24) is 15.5 Å². The molecule has 1 rings (SSSR count). The molecule has 1 aliphatic rings. The molecule has 0 spiro atoms. The zero-order chi connectivity index (χ0) is 12.1. The molecule has 1 fully saturated rings. The summed E-state index contributed by atoms with van der Waals surface area (Å²) in [4.78, 5) is 13.9. The zero-order valence-corrected chi connectivity index (χ0v) is 10.9. The summed E-state index contributed by atoms with van der Waals surface area (Å²) < 4.78 is 0. The van der Waals surface area contributed by atoms with E-state index in [1.807, 2.05) is 7.05 Å². The number of rotatable bonds is 5. The third-order valence-electron chi connectivity index (χ3n) is 3.44. The van der Waals surface area contributed by atoms with E-state index in [0.29, 0.717) is 18.5 Å². The summed E-state index contributed by atoms with van der Waals surface area (Å²) >= 11 is 0. The molecule has 2 unspecified atom stereocenters. The van der Waals surface area contributed by atoms with Crippen LogP contribution in [0.2, 0.25) is 0 Å². The lowest BCUT2D eigenvalue weighted by Gasteiger charge is -2.20. The quantitative estimate of drug-likeness (QED) is 0.716. The van der Waals surface area contributed by atoms with Crippen LogP contribution in [0.4, 0.5) is 0 Å². The first-order chi connectivity index (χ1) is 7.52. The van der Waals surface area contributed by atoms with Gasteiger partial charge in [0.1, 0.15) is 0 Å². The van der Waals surface area contributed by atoms with Gasteiger partial charge < -0.3 is 10.6 Å². The molecule has 16 heavy (non-hydrogen) atoms. The van der Waals surface area contributed by atoms with Crippen molar-refractivity contribution < 1.29 is 4.79 Å². The Bertz CT molecular complexity index is 230. The predicted molar refractivity (Wildman–Crippen MR) is 66.3 cm³/mol. The SMILES string of the molecule is CNC1CCN(CC(=O)NC(C)C(C)C)C1. The van der Waals surface area contributed by atoms with Crippen molar-refractivity contribution in [2.45, 2.75) is 39.3 Å². The number of amides is 1. The second kappa shape index (κ2) is 6.21. The van der Waals surface area contributed by atoms with Gasteiger partial charge >= 0.3 is 0 Å². The van der Waals surface area contributed by atoms with Gasteiger partial charge in [-0.2, -0.15) is 0 Å². The number of likely N-dealkylation sites (N-methyl/N-ethyl adjacent to an activating group) is 1. The molecule has 0 aromatic carbocycles. The van der Waals surface area contributed by atoms with E-state index in [0.717, 1.165) is 19.5 Å². The van der Waals surface area contributed by atoms with Gasteiger partial charge in [0.15, 0.2) is 0 Å². The van der Waals surface area contributed by atoms with Gasteiger partial charge in [0.25, 0.3) is 0 Å². The highest BCUT2D eigenvalue weighted by molar-refractivity contribution is 5.78. The largest absolute Gasteiger partial charge is 0.352 e. The Morgan fingerprint density at radius 3 is 2.62 bits per heavy atom. The minimum absolute atomic E-state index is 0.151. The Morgan fingerprint density at radius 2 is 2.12 bits per heavy atom. The van der Waals surface area contributed by atoms with E-state index in [-0.39, 0.29) is 11.9 Å². The minimum Gasteiger partial charge on any atom is -0.352 e. The third kappa shape index (κ3) is 4.10. The number of nitrogens with one attached hydrogen (secondary N) is 2. The molecule has 2 N–H and O–H groups in total. The summed E-state index contributed by atoms with van der Waals surface area (Å²) in [6, 6.07) is 0.811. The maximum Gasteiger partial charge on any atom is 0.234 e. The fourth-order valence-electron chi connectivity index (χ4n) is 1.88. The number of nitrogens with zero attached hydrogens (tertiary/aromatic N) is 1. The second-order valence-electron chi connectivity index (χ2n) is 5.11. The Labute approximate surface area is 98.8 Å². The molecule has 4 nitrogen and oxygen atoms in total. The Kier molecular flexibility index (Phi) is 5.22. The summed E-state index contributed by atoms with van der Waals surface area (Å²) in [5.74, 6) is 0.644. The van der Waals surface area contributed by atoms with Gasteiger partial charge in [-0.05, 0) is 26.3 Å². The summed E-state index contributed by atoms with van der Waals surface area (Å²) in [6.45, 7) is 8.85. The van der Waals surface area contributed by atoms with E-state index in [1.54, 1.807) is 0 Å². The van der Waals surface area contributed by atoms with Crippen molar-refractivity contribution in [2.24, 2.45) is 5.92 Å². The molecule has 4 heteroatoms. The molecular weight excluding hydrogens is 202 g/mol. The van der Waals surface area contributed by atoms with Crippen molar-refractivity contribution in [3.8, 4) is 0 Å². The van der Waals surface area contributed by atoms with E-state index < -0.39 is 0 Å². The van der Waals surface area contributed by atoms with Gasteiger partial charge in [-0.1, -0.05) is 13.8 Å². The summed E-state index contributed by atoms with van der Waals surface area (Å²) in [7, 11) is 1.98. The van der Waals surface area contributed by atoms with Crippen molar-refractivity contribution >= 4 is 5.91 Å². The number of hydrogen-bond donors (Lipinski definition) is 2. The summed E-state index contributed by atoms with van der Waals surface area (Å²) in [5, 5.41) is 6.29. The molecule has 0 bridgehead atoms. The zero-order valence-electron chi connectivity index (χ0n) is 10.9. The highest BCUT2D eigenvalue weighted by Gasteiger charge is 2.23.